The maximum Gasteiger partial charge on any atom is 0.764 e. The molecule has 1 unspecified atom stereocenters. The van der Waals surface area contributed by atoms with Gasteiger partial charge in [0, 0.05) is 6.61 Å². The third-order valence-electron chi connectivity index (χ3n) is 1.90. The molecule has 0 saturated carbocycles. The number of hydrogen-bond donors (Lipinski definition) is 2. The van der Waals surface area contributed by atoms with E-state index in [9.17, 15) is 0 Å². The summed E-state index contributed by atoms with van der Waals surface area (Å²) in [5.74, 6) is 0. The molecule has 9 nitrogen and oxygen atoms in total. The highest BCUT2D eigenvalue weighted by Gasteiger charge is 2.52. The van der Waals surface area contributed by atoms with Crippen LogP contribution in [0.25, 0.3) is 0 Å². The maximum atomic E-state index is 5.58. The number of hydrogen-bond acceptors (Lipinski definition) is 9. The van der Waals surface area contributed by atoms with E-state index in [1.54, 1.807) is 20.8 Å². The van der Waals surface area contributed by atoms with E-state index < -0.39 is 9.05 Å². The lowest BCUT2D eigenvalue weighted by Crippen LogP contribution is -2.49. The highest BCUT2D eigenvalue weighted by Crippen LogP contribution is 2.14. The molecule has 0 aliphatic heterocycles. The van der Waals surface area contributed by atoms with Crippen LogP contribution in [0.1, 0.15) is 34.1 Å². The molecule has 0 aliphatic carbocycles. The van der Waals surface area contributed by atoms with Gasteiger partial charge in [-0.3, -0.25) is 0 Å². The van der Waals surface area contributed by atoms with Crippen molar-refractivity contribution in [1.29, 1.82) is 0 Å². The van der Waals surface area contributed by atoms with Gasteiger partial charge in [-0.05, 0) is 40.7 Å². The van der Waals surface area contributed by atoms with Crippen molar-refractivity contribution in [2.75, 3.05) is 33.0 Å². The van der Waals surface area contributed by atoms with Crippen molar-refractivity contribution in [2.24, 2.45) is 5.73 Å². The molecule has 0 fully saturated rings. The Kier molecular flexibility index (Phi) is 13.4. The third kappa shape index (κ3) is 11.1. The molecule has 0 heterocycles. The first-order valence-corrected chi connectivity index (χ1v) is 8.78. The fourth-order valence-corrected chi connectivity index (χ4v) is 2.51. The zero-order valence-corrected chi connectivity index (χ0v) is 14.3. The first kappa shape index (κ1) is 20.9. The summed E-state index contributed by atoms with van der Waals surface area (Å²) < 4.78 is 20.8. The SMILES string of the molecule is CCOO[Si](OCCCNC(C)N)(OOCC)OOCC. The van der Waals surface area contributed by atoms with E-state index in [4.69, 9.17) is 38.6 Å². The molecule has 0 aromatic carbocycles. The van der Waals surface area contributed by atoms with Crippen LogP contribution in [-0.4, -0.2) is 48.2 Å². The van der Waals surface area contributed by atoms with Gasteiger partial charge in [-0.15, -0.1) is 0 Å². The van der Waals surface area contributed by atoms with E-state index in [1.165, 1.54) is 0 Å². The molecule has 0 amide bonds. The Labute approximate surface area is 127 Å². The first-order valence-electron chi connectivity index (χ1n) is 7.15. The number of nitrogens with one attached hydrogen (secondary N) is 1. The molecule has 0 aliphatic rings. The largest absolute Gasteiger partial charge is 0.764 e. The van der Waals surface area contributed by atoms with Crippen LogP contribution in [0, 0.1) is 0 Å². The van der Waals surface area contributed by atoms with Gasteiger partial charge in [0.1, 0.15) is 0 Å². The summed E-state index contributed by atoms with van der Waals surface area (Å²) in [6, 6.07) is 0. The van der Waals surface area contributed by atoms with Gasteiger partial charge in [0.15, 0.2) is 0 Å². The van der Waals surface area contributed by atoms with E-state index in [2.05, 4.69) is 5.32 Å². The summed E-state index contributed by atoms with van der Waals surface area (Å²) in [5, 5.41) is 3.06. The van der Waals surface area contributed by atoms with E-state index in [0.29, 0.717) is 39.4 Å². The molecule has 0 aromatic heterocycles. The lowest BCUT2D eigenvalue weighted by atomic mass is 10.4. The van der Waals surface area contributed by atoms with E-state index in [0.717, 1.165) is 0 Å². The van der Waals surface area contributed by atoms with Crippen LogP contribution >= 0.6 is 0 Å². The van der Waals surface area contributed by atoms with E-state index >= 15 is 0 Å². The normalized spacial score (nSPS) is 13.6. The van der Waals surface area contributed by atoms with Gasteiger partial charge in [0.25, 0.3) is 0 Å². The van der Waals surface area contributed by atoms with E-state index in [-0.39, 0.29) is 6.17 Å². The molecule has 0 spiro atoms. The Bertz CT molecular complexity index is 215. The minimum absolute atomic E-state index is 0.0778. The van der Waals surface area contributed by atoms with Crippen LogP contribution in [0.2, 0.25) is 0 Å². The molecule has 0 aromatic rings. The van der Waals surface area contributed by atoms with Crippen molar-refractivity contribution in [3.05, 3.63) is 0 Å². The minimum atomic E-state index is -3.66. The molecule has 0 radical (unpaired) electrons. The van der Waals surface area contributed by atoms with Crippen LogP contribution in [-0.2, 0) is 32.8 Å². The second-order valence-electron chi connectivity index (χ2n) is 3.91. The predicted molar refractivity (Wildman–Crippen MR) is 76.1 cm³/mol. The molecule has 3 N–H and O–H groups in total. The Hall–Kier alpha value is -0.143. The zero-order valence-electron chi connectivity index (χ0n) is 13.3. The molecular weight excluding hydrogens is 300 g/mol. The van der Waals surface area contributed by atoms with E-state index in [1.807, 2.05) is 6.92 Å². The fraction of sp³-hybridized carbons (Fsp3) is 1.00. The Morgan fingerprint density at radius 2 is 1.43 bits per heavy atom. The smallest absolute Gasteiger partial charge is 0.347 e. The van der Waals surface area contributed by atoms with Crippen molar-refractivity contribution >= 4 is 9.05 Å². The summed E-state index contributed by atoms with van der Waals surface area (Å²) in [4.78, 5) is 14.6. The third-order valence-corrected chi connectivity index (χ3v) is 3.43. The summed E-state index contributed by atoms with van der Waals surface area (Å²) in [5.41, 5.74) is 5.58. The van der Waals surface area contributed by atoms with Crippen molar-refractivity contribution in [3.63, 3.8) is 0 Å². The average Bonchev–Trinajstić information content (AvgIpc) is 2.47. The van der Waals surface area contributed by atoms with Crippen molar-refractivity contribution < 1.29 is 32.8 Å². The van der Waals surface area contributed by atoms with Gasteiger partial charge in [-0.2, -0.15) is 13.7 Å². The Morgan fingerprint density at radius 1 is 0.952 bits per heavy atom. The standard InChI is InChI=1S/C11H28N2O7Si/c1-5-14-18-21(19-15-6-2,20-16-7-3)17-10-8-9-13-11(4)12/h11,13H,5-10,12H2,1-4H3. The van der Waals surface area contributed by atoms with Gasteiger partial charge >= 0.3 is 9.05 Å². The molecule has 0 rings (SSSR count). The Balaban J connectivity index is 4.34. The molecule has 0 saturated heterocycles. The lowest BCUT2D eigenvalue weighted by molar-refractivity contribution is -0.385. The van der Waals surface area contributed by atoms with Crippen molar-refractivity contribution in [2.45, 2.75) is 40.3 Å². The monoisotopic (exact) mass is 328 g/mol. The molecule has 0 bridgehead atoms. The van der Waals surface area contributed by atoms with Crippen LogP contribution in [0.5, 0.6) is 0 Å². The first-order chi connectivity index (χ1) is 10.1. The fourth-order valence-electron chi connectivity index (χ4n) is 1.11. The van der Waals surface area contributed by atoms with Crippen LogP contribution in [0.3, 0.4) is 0 Å². The molecular formula is C11H28N2O7Si. The molecule has 128 valence electrons. The van der Waals surface area contributed by atoms with Gasteiger partial charge in [0.2, 0.25) is 0 Å². The van der Waals surface area contributed by atoms with Gasteiger partial charge in [0.05, 0.1) is 26.0 Å². The highest BCUT2D eigenvalue weighted by atomic mass is 28.4. The second kappa shape index (κ2) is 13.5. The van der Waals surface area contributed by atoms with Crippen molar-refractivity contribution in [3.8, 4) is 0 Å². The highest BCUT2D eigenvalue weighted by molar-refractivity contribution is 6.52. The molecule has 10 heteroatoms. The average molecular weight is 328 g/mol. The summed E-state index contributed by atoms with van der Waals surface area (Å²) >= 11 is 0. The van der Waals surface area contributed by atoms with Gasteiger partial charge in [-0.1, -0.05) is 0 Å². The molecule has 21 heavy (non-hydrogen) atoms. The summed E-state index contributed by atoms with van der Waals surface area (Å²) in [6.07, 6.45) is 0.600. The predicted octanol–water partition coefficient (Wildman–Crippen LogP) is 0.627. The van der Waals surface area contributed by atoms with Crippen molar-refractivity contribution in [1.82, 2.24) is 5.32 Å². The number of rotatable bonds is 15. The molecule has 1 atom stereocenters. The van der Waals surface area contributed by atoms with Crippen LogP contribution < -0.4 is 11.1 Å². The lowest BCUT2D eigenvalue weighted by Gasteiger charge is -2.24. The summed E-state index contributed by atoms with van der Waals surface area (Å²) in [7, 11) is -3.66. The van der Waals surface area contributed by atoms with Crippen LogP contribution in [0.15, 0.2) is 0 Å². The zero-order chi connectivity index (χ0) is 16.0. The second-order valence-corrected chi connectivity index (χ2v) is 5.70. The Morgan fingerprint density at radius 3 is 1.81 bits per heavy atom. The maximum absolute atomic E-state index is 5.58. The quantitative estimate of drug-likeness (QED) is 0.147. The summed E-state index contributed by atoms with van der Waals surface area (Å²) in [6.45, 7) is 9.01. The topological polar surface area (TPSA) is 103 Å². The van der Waals surface area contributed by atoms with Crippen LogP contribution in [0.4, 0.5) is 0 Å². The minimum Gasteiger partial charge on any atom is -0.347 e. The van der Waals surface area contributed by atoms with Gasteiger partial charge < -0.3 is 15.5 Å². The number of nitrogens with two attached hydrogens (primary N) is 1. The van der Waals surface area contributed by atoms with Gasteiger partial charge in [-0.25, -0.2) is 14.7 Å².